The van der Waals surface area contributed by atoms with E-state index >= 15 is 0 Å². The maximum absolute atomic E-state index is 12.3. The van der Waals surface area contributed by atoms with Crippen molar-refractivity contribution in [3.8, 4) is 16.9 Å². The van der Waals surface area contributed by atoms with Crippen LogP contribution in [-0.2, 0) is 33.3 Å². The summed E-state index contributed by atoms with van der Waals surface area (Å²) >= 11 is 0. The molecule has 204 valence electrons. The first-order valence-corrected chi connectivity index (χ1v) is 12.6. The molecule has 0 amide bonds. The first kappa shape index (κ1) is 28.9. The van der Waals surface area contributed by atoms with E-state index in [9.17, 15) is 19.5 Å². The molecule has 1 aliphatic rings. The van der Waals surface area contributed by atoms with Gasteiger partial charge in [0, 0.05) is 11.6 Å². The van der Waals surface area contributed by atoms with Crippen molar-refractivity contribution in [1.82, 2.24) is 0 Å². The lowest BCUT2D eigenvalue weighted by Gasteiger charge is -2.14. The van der Waals surface area contributed by atoms with Gasteiger partial charge < -0.3 is 28.8 Å². The van der Waals surface area contributed by atoms with Crippen LogP contribution in [0, 0.1) is 0 Å². The topological polar surface area (TPSA) is 118 Å². The van der Waals surface area contributed by atoms with Gasteiger partial charge in [0.2, 0.25) is 0 Å². The molecule has 1 heterocycles. The van der Waals surface area contributed by atoms with Gasteiger partial charge in [-0.1, -0.05) is 43.0 Å². The highest BCUT2D eigenvalue weighted by Crippen LogP contribution is 2.33. The molecule has 1 unspecified atom stereocenters. The molecule has 1 aliphatic heterocycles. The monoisotopic (exact) mass is 526 g/mol. The molecular weight excluding hydrogens is 492 g/mol. The van der Waals surface area contributed by atoms with E-state index in [2.05, 4.69) is 6.58 Å². The van der Waals surface area contributed by atoms with Crippen molar-refractivity contribution < 1.29 is 43.2 Å². The number of carboxylic acids is 1. The van der Waals surface area contributed by atoms with Crippen LogP contribution in [0.25, 0.3) is 11.1 Å². The first-order valence-electron chi connectivity index (χ1n) is 12.6. The maximum Gasteiger partial charge on any atom is 0.339 e. The highest BCUT2D eigenvalue weighted by atomic mass is 16.7. The molecular formula is C29H34O9. The van der Waals surface area contributed by atoms with Crippen LogP contribution in [0.1, 0.15) is 51.4 Å². The van der Waals surface area contributed by atoms with E-state index in [1.807, 2.05) is 36.4 Å². The Morgan fingerprint density at radius 2 is 1.47 bits per heavy atom. The molecule has 9 heteroatoms. The molecule has 1 saturated heterocycles. The van der Waals surface area contributed by atoms with Gasteiger partial charge in [0.15, 0.2) is 18.5 Å². The number of carboxylic acid groups (broad SMARTS) is 1. The molecule has 9 nitrogen and oxygen atoms in total. The van der Waals surface area contributed by atoms with Crippen molar-refractivity contribution in [2.45, 2.75) is 64.1 Å². The first-order chi connectivity index (χ1) is 18.3. The second-order valence-corrected chi connectivity index (χ2v) is 9.05. The van der Waals surface area contributed by atoms with Gasteiger partial charge in [0.05, 0.1) is 19.3 Å². The van der Waals surface area contributed by atoms with Crippen molar-refractivity contribution >= 4 is 17.9 Å². The smallest absolute Gasteiger partial charge is 0.339 e. The number of esters is 2. The standard InChI is InChI=1S/C29H34O9/c1-4-24(30)35-18-8-6-5-7-17-34-23-15-13-21(14-16-23)20-9-11-22(12-10-20)29-37-25(27(31)32)26(38-29)28(33)36-19(2)3/h4,9-16,19,25-26,29H,1,5-8,17-18H2,2-3H3,(H,31,32)/t25-,26-,29?/m1/s1. The van der Waals surface area contributed by atoms with Crippen LogP contribution in [0.15, 0.2) is 61.2 Å². The van der Waals surface area contributed by atoms with Crippen LogP contribution in [0.3, 0.4) is 0 Å². The molecule has 3 rings (SSSR count). The van der Waals surface area contributed by atoms with E-state index in [-0.39, 0.29) is 0 Å². The Morgan fingerprint density at radius 1 is 0.895 bits per heavy atom. The zero-order valence-corrected chi connectivity index (χ0v) is 21.7. The Labute approximate surface area is 222 Å². The Balaban J connectivity index is 1.47. The van der Waals surface area contributed by atoms with E-state index in [0.29, 0.717) is 18.8 Å². The summed E-state index contributed by atoms with van der Waals surface area (Å²) in [6.45, 7) is 7.72. The van der Waals surface area contributed by atoms with Gasteiger partial charge >= 0.3 is 17.9 Å². The second kappa shape index (κ2) is 14.3. The fraction of sp³-hybridized carbons (Fsp3) is 0.414. The second-order valence-electron chi connectivity index (χ2n) is 9.05. The van der Waals surface area contributed by atoms with E-state index in [4.69, 9.17) is 23.7 Å². The van der Waals surface area contributed by atoms with E-state index in [1.54, 1.807) is 26.0 Å². The Hall–Kier alpha value is -3.69. The number of hydrogen-bond donors (Lipinski definition) is 1. The summed E-state index contributed by atoms with van der Waals surface area (Å²) in [5.74, 6) is -1.67. The molecule has 38 heavy (non-hydrogen) atoms. The lowest BCUT2D eigenvalue weighted by molar-refractivity contribution is -0.164. The van der Waals surface area contributed by atoms with Gasteiger partial charge in [-0.3, -0.25) is 0 Å². The molecule has 1 fully saturated rings. The minimum atomic E-state index is -1.44. The summed E-state index contributed by atoms with van der Waals surface area (Å²) in [5, 5.41) is 9.44. The molecule has 0 aliphatic carbocycles. The van der Waals surface area contributed by atoms with Crippen LogP contribution in [-0.4, -0.2) is 54.5 Å². The van der Waals surface area contributed by atoms with Crippen molar-refractivity contribution in [2.75, 3.05) is 13.2 Å². The largest absolute Gasteiger partial charge is 0.494 e. The summed E-state index contributed by atoms with van der Waals surface area (Å²) in [6.07, 6.45) is 0.651. The summed E-state index contributed by atoms with van der Waals surface area (Å²) < 4.78 is 27.0. The Kier molecular flexibility index (Phi) is 10.9. The molecule has 1 N–H and O–H groups in total. The molecule has 0 spiro atoms. The maximum atomic E-state index is 12.3. The van der Waals surface area contributed by atoms with Crippen LogP contribution >= 0.6 is 0 Å². The lowest BCUT2D eigenvalue weighted by Crippen LogP contribution is -2.39. The summed E-state index contributed by atoms with van der Waals surface area (Å²) in [4.78, 5) is 34.8. The molecule has 0 bridgehead atoms. The molecule has 0 radical (unpaired) electrons. The third-order valence-electron chi connectivity index (χ3n) is 5.73. The van der Waals surface area contributed by atoms with E-state index in [1.165, 1.54) is 0 Å². The predicted molar refractivity (Wildman–Crippen MR) is 138 cm³/mol. The van der Waals surface area contributed by atoms with Gasteiger partial charge in [0.25, 0.3) is 0 Å². The van der Waals surface area contributed by atoms with Crippen molar-refractivity contribution in [3.05, 3.63) is 66.7 Å². The molecule has 0 aromatic heterocycles. The lowest BCUT2D eigenvalue weighted by atomic mass is 10.0. The van der Waals surface area contributed by atoms with E-state index < -0.39 is 42.5 Å². The molecule has 2 aromatic carbocycles. The van der Waals surface area contributed by atoms with Crippen LogP contribution in [0.5, 0.6) is 5.75 Å². The zero-order chi connectivity index (χ0) is 27.5. The summed E-state index contributed by atoms with van der Waals surface area (Å²) in [6, 6.07) is 15.0. The van der Waals surface area contributed by atoms with Crippen LogP contribution < -0.4 is 4.74 Å². The molecule has 0 saturated carbocycles. The quantitative estimate of drug-likeness (QED) is 0.210. The number of hydrogen-bond acceptors (Lipinski definition) is 8. The molecule has 2 aromatic rings. The minimum absolute atomic E-state index is 0.391. The highest BCUT2D eigenvalue weighted by Gasteiger charge is 2.47. The van der Waals surface area contributed by atoms with Crippen LogP contribution in [0.2, 0.25) is 0 Å². The number of carbonyl (C=O) groups excluding carboxylic acids is 2. The fourth-order valence-corrected chi connectivity index (χ4v) is 3.82. The van der Waals surface area contributed by atoms with Gasteiger partial charge in [-0.2, -0.15) is 0 Å². The normalized spacial score (nSPS) is 18.7. The predicted octanol–water partition coefficient (Wildman–Crippen LogP) is 4.84. The number of benzene rings is 2. The highest BCUT2D eigenvalue weighted by molar-refractivity contribution is 5.85. The summed E-state index contributed by atoms with van der Waals surface area (Å²) in [7, 11) is 0. The number of rotatable bonds is 14. The van der Waals surface area contributed by atoms with Crippen molar-refractivity contribution in [1.29, 1.82) is 0 Å². The molecule has 3 atom stereocenters. The Bertz CT molecular complexity index is 1080. The van der Waals surface area contributed by atoms with Crippen molar-refractivity contribution in [2.24, 2.45) is 0 Å². The third-order valence-corrected chi connectivity index (χ3v) is 5.73. The minimum Gasteiger partial charge on any atom is -0.494 e. The number of unbranched alkanes of at least 4 members (excludes halogenated alkanes) is 3. The number of carbonyl (C=O) groups is 3. The zero-order valence-electron chi connectivity index (χ0n) is 21.7. The average molecular weight is 527 g/mol. The fourth-order valence-electron chi connectivity index (χ4n) is 3.82. The average Bonchev–Trinajstić information content (AvgIpc) is 3.36. The SMILES string of the molecule is C=CC(=O)OCCCCCCOc1ccc(-c2ccc(C3O[C@@H](C(=O)O)[C@H](C(=O)OC(C)C)O3)cc2)cc1. The summed E-state index contributed by atoms with van der Waals surface area (Å²) in [5.41, 5.74) is 2.52. The van der Waals surface area contributed by atoms with Gasteiger partial charge in [-0.05, 0) is 62.8 Å². The van der Waals surface area contributed by atoms with Gasteiger partial charge in [0.1, 0.15) is 5.75 Å². The van der Waals surface area contributed by atoms with Crippen molar-refractivity contribution in [3.63, 3.8) is 0 Å². The van der Waals surface area contributed by atoms with E-state index in [0.717, 1.165) is 48.6 Å². The van der Waals surface area contributed by atoms with Crippen LogP contribution in [0.4, 0.5) is 0 Å². The van der Waals surface area contributed by atoms with Gasteiger partial charge in [-0.15, -0.1) is 0 Å². The number of ether oxygens (including phenoxy) is 5. The van der Waals surface area contributed by atoms with Gasteiger partial charge in [-0.25, -0.2) is 14.4 Å². The third kappa shape index (κ3) is 8.43. The Morgan fingerprint density at radius 3 is 2.05 bits per heavy atom. The number of aliphatic carboxylic acids is 1.